The number of nitrogens with two attached hydrogens (primary N) is 1. The van der Waals surface area contributed by atoms with Crippen LogP contribution >= 0.6 is 0 Å². The van der Waals surface area contributed by atoms with Gasteiger partial charge in [0, 0.05) is 23.4 Å². The van der Waals surface area contributed by atoms with E-state index in [0.29, 0.717) is 5.92 Å². The van der Waals surface area contributed by atoms with Crippen molar-refractivity contribution in [1.82, 2.24) is 0 Å². The minimum absolute atomic E-state index is 0.0820. The highest BCUT2D eigenvalue weighted by molar-refractivity contribution is 5.82. The smallest absolute Gasteiger partial charge is 0.134 e. The maximum absolute atomic E-state index is 6.40. The molecular weight excluding hydrogens is 222 g/mol. The van der Waals surface area contributed by atoms with Gasteiger partial charge in [0.1, 0.15) is 11.3 Å². The Labute approximate surface area is 109 Å². The lowest BCUT2D eigenvalue weighted by molar-refractivity contribution is 0.453. The summed E-state index contributed by atoms with van der Waals surface area (Å²) in [6, 6.07) is 8.28. The summed E-state index contributed by atoms with van der Waals surface area (Å²) in [5, 5.41) is 1.19. The molecule has 2 heteroatoms. The van der Waals surface area contributed by atoms with Crippen LogP contribution in [-0.4, -0.2) is 0 Å². The summed E-state index contributed by atoms with van der Waals surface area (Å²) in [6.45, 7) is 6.59. The molecule has 1 aromatic heterocycles. The van der Waals surface area contributed by atoms with Crippen LogP contribution in [0.1, 0.15) is 51.0 Å². The summed E-state index contributed by atoms with van der Waals surface area (Å²) >= 11 is 0. The third kappa shape index (κ3) is 2.44. The molecule has 2 unspecified atom stereocenters. The van der Waals surface area contributed by atoms with E-state index in [9.17, 15) is 0 Å². The predicted octanol–water partition coefficient (Wildman–Crippen LogP) is 4.43. The van der Waals surface area contributed by atoms with Crippen LogP contribution in [0.3, 0.4) is 0 Å². The average Bonchev–Trinajstić information content (AvgIpc) is 2.76. The monoisotopic (exact) mass is 245 g/mol. The molecule has 0 aliphatic heterocycles. The van der Waals surface area contributed by atoms with E-state index in [-0.39, 0.29) is 6.04 Å². The molecule has 0 amide bonds. The second-order valence-electron chi connectivity index (χ2n) is 5.14. The summed E-state index contributed by atoms with van der Waals surface area (Å²) in [6.07, 6.45) is 3.09. The lowest BCUT2D eigenvalue weighted by Crippen LogP contribution is -2.14. The molecule has 18 heavy (non-hydrogen) atoms. The van der Waals surface area contributed by atoms with Crippen LogP contribution in [0, 0.1) is 5.92 Å². The predicted molar refractivity (Wildman–Crippen MR) is 76.6 cm³/mol. The van der Waals surface area contributed by atoms with E-state index < -0.39 is 0 Å². The molecule has 0 saturated carbocycles. The molecule has 0 aliphatic rings. The number of para-hydroxylation sites is 1. The fraction of sp³-hybridized carbons (Fsp3) is 0.500. The highest BCUT2D eigenvalue weighted by Gasteiger charge is 2.19. The van der Waals surface area contributed by atoms with Crippen LogP contribution in [0.5, 0.6) is 0 Å². The molecule has 98 valence electrons. The number of aryl methyl sites for hydroxylation is 1. The molecule has 2 atom stereocenters. The van der Waals surface area contributed by atoms with Gasteiger partial charge in [-0.25, -0.2) is 0 Å². The van der Waals surface area contributed by atoms with E-state index >= 15 is 0 Å². The second kappa shape index (κ2) is 5.57. The fourth-order valence-corrected chi connectivity index (χ4v) is 2.50. The van der Waals surface area contributed by atoms with Crippen LogP contribution in [0.25, 0.3) is 11.0 Å². The minimum atomic E-state index is 0.0820. The highest BCUT2D eigenvalue weighted by atomic mass is 16.3. The van der Waals surface area contributed by atoms with Gasteiger partial charge in [0.2, 0.25) is 0 Å². The Kier molecular flexibility index (Phi) is 4.07. The van der Waals surface area contributed by atoms with Crippen molar-refractivity contribution >= 4 is 11.0 Å². The van der Waals surface area contributed by atoms with Gasteiger partial charge in [-0.3, -0.25) is 0 Å². The van der Waals surface area contributed by atoms with Gasteiger partial charge in [-0.1, -0.05) is 45.4 Å². The van der Waals surface area contributed by atoms with Crippen LogP contribution in [0.4, 0.5) is 0 Å². The van der Waals surface area contributed by atoms with Gasteiger partial charge in [-0.05, 0) is 18.4 Å². The maximum atomic E-state index is 6.40. The lowest BCUT2D eigenvalue weighted by Gasteiger charge is -2.16. The first-order valence-corrected chi connectivity index (χ1v) is 6.93. The second-order valence-corrected chi connectivity index (χ2v) is 5.14. The van der Waals surface area contributed by atoms with Gasteiger partial charge in [-0.15, -0.1) is 0 Å². The standard InChI is InChI=1S/C16H23NO/c1-4-11(3)10-13(17)16-12-8-6-7-9-15(12)18-14(16)5-2/h6-9,11,13H,4-5,10,17H2,1-3H3. The maximum Gasteiger partial charge on any atom is 0.134 e. The van der Waals surface area contributed by atoms with E-state index in [1.54, 1.807) is 0 Å². The normalized spacial score (nSPS) is 14.9. The van der Waals surface area contributed by atoms with Crippen LogP contribution in [0.2, 0.25) is 0 Å². The molecule has 2 aromatic rings. The van der Waals surface area contributed by atoms with Gasteiger partial charge >= 0.3 is 0 Å². The van der Waals surface area contributed by atoms with E-state index in [1.807, 2.05) is 12.1 Å². The Hall–Kier alpha value is -1.28. The summed E-state index contributed by atoms with van der Waals surface area (Å²) in [4.78, 5) is 0. The van der Waals surface area contributed by atoms with Gasteiger partial charge in [0.15, 0.2) is 0 Å². The van der Waals surface area contributed by atoms with E-state index in [0.717, 1.165) is 24.2 Å². The molecule has 0 spiro atoms. The molecule has 0 saturated heterocycles. The first-order valence-electron chi connectivity index (χ1n) is 6.93. The topological polar surface area (TPSA) is 39.2 Å². The SMILES string of the molecule is CCc1oc2ccccc2c1C(N)CC(C)CC. The lowest BCUT2D eigenvalue weighted by atomic mass is 9.93. The minimum Gasteiger partial charge on any atom is -0.461 e. The number of hydrogen-bond donors (Lipinski definition) is 1. The third-order valence-corrected chi connectivity index (χ3v) is 3.76. The van der Waals surface area contributed by atoms with E-state index in [2.05, 4.69) is 32.9 Å². The highest BCUT2D eigenvalue weighted by Crippen LogP contribution is 2.33. The van der Waals surface area contributed by atoms with E-state index in [1.165, 1.54) is 17.4 Å². The zero-order valence-electron chi connectivity index (χ0n) is 11.6. The van der Waals surface area contributed by atoms with Crippen molar-refractivity contribution in [3.05, 3.63) is 35.6 Å². The Balaban J connectivity index is 2.41. The van der Waals surface area contributed by atoms with Gasteiger partial charge in [0.25, 0.3) is 0 Å². The summed E-state index contributed by atoms with van der Waals surface area (Å²) in [5.74, 6) is 1.70. The zero-order chi connectivity index (χ0) is 13.1. The molecule has 0 radical (unpaired) electrons. The molecule has 2 rings (SSSR count). The molecule has 2 N–H and O–H groups in total. The Bertz CT molecular complexity index is 515. The Morgan fingerprint density at radius 3 is 2.61 bits per heavy atom. The van der Waals surface area contributed by atoms with Crippen molar-refractivity contribution in [2.75, 3.05) is 0 Å². The molecule has 0 aliphatic carbocycles. The van der Waals surface area contributed by atoms with Crippen LogP contribution in [-0.2, 0) is 6.42 Å². The van der Waals surface area contributed by atoms with Crippen LogP contribution in [0.15, 0.2) is 28.7 Å². The van der Waals surface area contributed by atoms with Crippen LogP contribution < -0.4 is 5.73 Å². The van der Waals surface area contributed by atoms with Gasteiger partial charge in [-0.2, -0.15) is 0 Å². The number of furan rings is 1. The first-order chi connectivity index (χ1) is 8.67. The number of benzene rings is 1. The molecule has 0 bridgehead atoms. The number of hydrogen-bond acceptors (Lipinski definition) is 2. The third-order valence-electron chi connectivity index (χ3n) is 3.76. The molecule has 1 aromatic carbocycles. The van der Waals surface area contributed by atoms with Crippen molar-refractivity contribution in [2.45, 2.75) is 46.1 Å². The molecule has 1 heterocycles. The number of rotatable bonds is 5. The summed E-state index contributed by atoms with van der Waals surface area (Å²) in [7, 11) is 0. The van der Waals surface area contributed by atoms with Gasteiger partial charge < -0.3 is 10.2 Å². The Morgan fingerprint density at radius 2 is 1.94 bits per heavy atom. The van der Waals surface area contributed by atoms with Gasteiger partial charge in [0.05, 0.1) is 0 Å². The summed E-state index contributed by atoms with van der Waals surface area (Å²) in [5.41, 5.74) is 8.58. The van der Waals surface area contributed by atoms with Crippen molar-refractivity contribution in [1.29, 1.82) is 0 Å². The number of fused-ring (bicyclic) bond motifs is 1. The van der Waals surface area contributed by atoms with Crippen molar-refractivity contribution in [2.24, 2.45) is 11.7 Å². The largest absolute Gasteiger partial charge is 0.461 e. The molecule has 0 fully saturated rings. The Morgan fingerprint density at radius 1 is 1.22 bits per heavy atom. The van der Waals surface area contributed by atoms with Crippen molar-refractivity contribution in [3.63, 3.8) is 0 Å². The molecule has 2 nitrogen and oxygen atoms in total. The van der Waals surface area contributed by atoms with Crippen molar-refractivity contribution in [3.8, 4) is 0 Å². The quantitative estimate of drug-likeness (QED) is 0.846. The summed E-state index contributed by atoms with van der Waals surface area (Å²) < 4.78 is 5.90. The first kappa shape index (κ1) is 13.2. The molecular formula is C16H23NO. The zero-order valence-corrected chi connectivity index (χ0v) is 11.6. The van der Waals surface area contributed by atoms with E-state index in [4.69, 9.17) is 10.2 Å². The fourth-order valence-electron chi connectivity index (χ4n) is 2.50. The average molecular weight is 245 g/mol. The van der Waals surface area contributed by atoms with Crippen molar-refractivity contribution < 1.29 is 4.42 Å².